The van der Waals surface area contributed by atoms with Crippen LogP contribution in [0.1, 0.15) is 19.8 Å². The fourth-order valence-corrected chi connectivity index (χ4v) is 1.18. The molecule has 0 aromatic rings. The molecule has 0 aliphatic carbocycles. The maximum absolute atomic E-state index is 10.2. The predicted octanol–water partition coefficient (Wildman–Crippen LogP) is -0.418. The third-order valence-corrected chi connectivity index (χ3v) is 2.15. The van der Waals surface area contributed by atoms with Crippen molar-refractivity contribution >= 4 is 10.1 Å². The second kappa shape index (κ2) is 5.47. The van der Waals surface area contributed by atoms with Crippen LogP contribution in [0.5, 0.6) is 0 Å². The fourth-order valence-electron chi connectivity index (χ4n) is 0.668. The van der Waals surface area contributed by atoms with Crippen molar-refractivity contribution in [1.29, 1.82) is 0 Å². The highest BCUT2D eigenvalue weighted by atomic mass is 32.2. The first-order chi connectivity index (χ1) is 5.45. The zero-order chi connectivity index (χ0) is 9.61. The van der Waals surface area contributed by atoms with Crippen LogP contribution >= 0.6 is 0 Å². The van der Waals surface area contributed by atoms with E-state index >= 15 is 0 Å². The average Bonchev–Trinajstić information content (AvgIpc) is 1.96. The lowest BCUT2D eigenvalue weighted by Gasteiger charge is -2.08. The van der Waals surface area contributed by atoms with Gasteiger partial charge in [-0.1, -0.05) is 6.92 Å². The van der Waals surface area contributed by atoms with Gasteiger partial charge in [-0.3, -0.25) is 9.87 Å². The number of aliphatic hydroxyl groups excluding tert-OH is 1. The normalized spacial score (nSPS) is 14.6. The molecule has 1 atom stereocenters. The van der Waals surface area contributed by atoms with E-state index in [4.69, 9.17) is 9.66 Å². The van der Waals surface area contributed by atoms with E-state index in [1.165, 1.54) is 0 Å². The van der Waals surface area contributed by atoms with Gasteiger partial charge in [0.2, 0.25) is 0 Å². The molecule has 0 radical (unpaired) electrons. The number of nitrogens with one attached hydrogen (secondary N) is 1. The molecule has 0 amide bonds. The van der Waals surface area contributed by atoms with E-state index in [2.05, 4.69) is 5.32 Å². The lowest BCUT2D eigenvalue weighted by molar-refractivity contribution is 0.133. The van der Waals surface area contributed by atoms with Crippen molar-refractivity contribution in [2.45, 2.75) is 26.0 Å². The number of hydrogen-bond acceptors (Lipinski definition) is 4. The lowest BCUT2D eigenvalue weighted by Crippen LogP contribution is -2.29. The number of hydrogen-bond donors (Lipinski definition) is 3. The van der Waals surface area contributed by atoms with E-state index in [1.807, 2.05) is 0 Å². The van der Waals surface area contributed by atoms with Crippen LogP contribution in [-0.4, -0.2) is 36.6 Å². The Morgan fingerprint density at radius 2 is 2.08 bits per heavy atom. The van der Waals surface area contributed by atoms with Crippen LogP contribution in [0.15, 0.2) is 0 Å². The molecule has 12 heavy (non-hydrogen) atoms. The summed E-state index contributed by atoms with van der Waals surface area (Å²) in [4.78, 5) is 0. The molecule has 0 spiro atoms. The minimum atomic E-state index is -3.85. The highest BCUT2D eigenvalue weighted by molar-refractivity contribution is 7.85. The quantitative estimate of drug-likeness (QED) is 0.306. The highest BCUT2D eigenvalue weighted by Crippen LogP contribution is 1.88. The first-order valence-corrected chi connectivity index (χ1v) is 5.43. The summed E-state index contributed by atoms with van der Waals surface area (Å²) >= 11 is 0. The topological polar surface area (TPSA) is 86.6 Å². The smallest absolute Gasteiger partial charge is 0.264 e. The molecule has 0 aliphatic rings. The molecule has 0 aliphatic heterocycles. The molecule has 74 valence electrons. The summed E-state index contributed by atoms with van der Waals surface area (Å²) in [7, 11) is -3.85. The first-order valence-electron chi connectivity index (χ1n) is 3.82. The van der Waals surface area contributed by atoms with Gasteiger partial charge in [-0.15, -0.1) is 0 Å². The van der Waals surface area contributed by atoms with Crippen LogP contribution in [-0.2, 0) is 10.1 Å². The zero-order valence-corrected chi connectivity index (χ0v) is 7.84. The Morgan fingerprint density at radius 1 is 1.50 bits per heavy atom. The molecular formula is C6H15NO4S. The van der Waals surface area contributed by atoms with E-state index in [9.17, 15) is 8.42 Å². The van der Waals surface area contributed by atoms with Crippen LogP contribution in [0.2, 0.25) is 0 Å². The summed E-state index contributed by atoms with van der Waals surface area (Å²) in [5, 5.41) is 11.6. The van der Waals surface area contributed by atoms with Gasteiger partial charge < -0.3 is 5.11 Å². The Hall–Kier alpha value is -0.170. The van der Waals surface area contributed by atoms with Gasteiger partial charge in [0.25, 0.3) is 10.1 Å². The Labute approximate surface area is 72.5 Å². The van der Waals surface area contributed by atoms with Crippen molar-refractivity contribution < 1.29 is 18.1 Å². The van der Waals surface area contributed by atoms with E-state index in [0.717, 1.165) is 0 Å². The predicted molar refractivity (Wildman–Crippen MR) is 45.3 cm³/mol. The molecule has 0 aromatic carbocycles. The third kappa shape index (κ3) is 7.93. The van der Waals surface area contributed by atoms with Crippen molar-refractivity contribution in [2.24, 2.45) is 0 Å². The Bertz CT molecular complexity index is 202. The summed E-state index contributed by atoms with van der Waals surface area (Å²) in [5.41, 5.74) is 0. The molecule has 0 bridgehead atoms. The van der Waals surface area contributed by atoms with Crippen LogP contribution in [0.4, 0.5) is 0 Å². The Morgan fingerprint density at radius 3 is 2.50 bits per heavy atom. The van der Waals surface area contributed by atoms with Crippen LogP contribution < -0.4 is 5.32 Å². The van der Waals surface area contributed by atoms with Crippen LogP contribution in [0.3, 0.4) is 0 Å². The van der Waals surface area contributed by atoms with Gasteiger partial charge in [0.15, 0.2) is 0 Å². The van der Waals surface area contributed by atoms with Crippen molar-refractivity contribution in [3.63, 3.8) is 0 Å². The summed E-state index contributed by atoms with van der Waals surface area (Å²) in [6, 6.07) is 0. The standard InChI is InChI=1S/C6H15NO4S/c1-2-6(8)7-4-3-5-12(9,10)11/h6-8H,2-5H2,1H3,(H,9,10,11)/t6-/m1/s1. The first kappa shape index (κ1) is 11.8. The monoisotopic (exact) mass is 197 g/mol. The molecule has 0 heterocycles. The molecule has 0 fully saturated rings. The molecule has 0 saturated heterocycles. The zero-order valence-electron chi connectivity index (χ0n) is 7.02. The molecule has 3 N–H and O–H groups in total. The van der Waals surface area contributed by atoms with Gasteiger partial charge in [-0.05, 0) is 19.4 Å². The van der Waals surface area contributed by atoms with Crippen LogP contribution in [0.25, 0.3) is 0 Å². The van der Waals surface area contributed by atoms with Gasteiger partial charge in [0.05, 0.1) is 5.75 Å². The summed E-state index contributed by atoms with van der Waals surface area (Å²) in [6.07, 6.45) is 0.285. The Kier molecular flexibility index (Phi) is 5.39. The molecule has 6 heteroatoms. The van der Waals surface area contributed by atoms with Gasteiger partial charge >= 0.3 is 0 Å². The molecule has 0 saturated carbocycles. The molecule has 5 nitrogen and oxygen atoms in total. The number of rotatable bonds is 6. The summed E-state index contributed by atoms with van der Waals surface area (Å²) < 4.78 is 28.7. The minimum absolute atomic E-state index is 0.267. The van der Waals surface area contributed by atoms with Gasteiger partial charge in [-0.2, -0.15) is 8.42 Å². The largest absolute Gasteiger partial charge is 0.379 e. The second-order valence-corrected chi connectivity index (χ2v) is 4.09. The van der Waals surface area contributed by atoms with Crippen molar-refractivity contribution in [3.05, 3.63) is 0 Å². The highest BCUT2D eigenvalue weighted by Gasteiger charge is 2.04. The third-order valence-electron chi connectivity index (χ3n) is 1.35. The van der Waals surface area contributed by atoms with Crippen molar-refractivity contribution in [2.75, 3.05) is 12.3 Å². The van der Waals surface area contributed by atoms with E-state index in [-0.39, 0.29) is 5.75 Å². The van der Waals surface area contributed by atoms with E-state index in [1.54, 1.807) is 6.92 Å². The molecule has 0 unspecified atom stereocenters. The van der Waals surface area contributed by atoms with E-state index < -0.39 is 16.3 Å². The Balaban J connectivity index is 3.34. The van der Waals surface area contributed by atoms with Crippen molar-refractivity contribution in [1.82, 2.24) is 5.32 Å². The summed E-state index contributed by atoms with van der Waals surface area (Å²) in [6.45, 7) is 2.19. The molecule has 0 aromatic heterocycles. The average molecular weight is 197 g/mol. The van der Waals surface area contributed by atoms with Gasteiger partial charge in [0, 0.05) is 0 Å². The minimum Gasteiger partial charge on any atom is -0.379 e. The number of aliphatic hydroxyl groups is 1. The molecular weight excluding hydrogens is 182 g/mol. The van der Waals surface area contributed by atoms with Gasteiger partial charge in [-0.25, -0.2) is 0 Å². The van der Waals surface area contributed by atoms with Crippen molar-refractivity contribution in [3.8, 4) is 0 Å². The van der Waals surface area contributed by atoms with Gasteiger partial charge in [0.1, 0.15) is 6.23 Å². The molecule has 0 rings (SSSR count). The maximum atomic E-state index is 10.2. The second-order valence-electron chi connectivity index (χ2n) is 2.52. The maximum Gasteiger partial charge on any atom is 0.264 e. The van der Waals surface area contributed by atoms with Crippen LogP contribution in [0, 0.1) is 0 Å². The lowest BCUT2D eigenvalue weighted by atomic mass is 10.4. The summed E-state index contributed by atoms with van der Waals surface area (Å²) in [5.74, 6) is -0.267. The fraction of sp³-hybridized carbons (Fsp3) is 1.00. The SMILES string of the molecule is CC[C@@H](O)NCCCS(=O)(=O)O. The van der Waals surface area contributed by atoms with E-state index in [0.29, 0.717) is 19.4 Å².